The Morgan fingerprint density at radius 1 is 0.364 bits per heavy atom. The van der Waals surface area contributed by atoms with E-state index in [1.807, 2.05) is 15.1 Å². The normalized spacial score (nSPS) is 37.7. The van der Waals surface area contributed by atoms with Crippen LogP contribution in [0.4, 0.5) is 4.39 Å². The van der Waals surface area contributed by atoms with E-state index < -0.39 is 216 Å². The molecule has 7 heterocycles. The Labute approximate surface area is 655 Å². The summed E-state index contributed by atoms with van der Waals surface area (Å²) in [7, 11) is -14.3. The van der Waals surface area contributed by atoms with Crippen LogP contribution >= 0.6 is 104 Å². The molecule has 7 rings (SSSR count). The summed E-state index contributed by atoms with van der Waals surface area (Å²) < 4.78 is 187. The predicted molar refractivity (Wildman–Crippen MR) is 378 cm³/mol. The summed E-state index contributed by atoms with van der Waals surface area (Å²) in [6, 6.07) is -2.68. The van der Waals surface area contributed by atoms with E-state index in [1.165, 1.54) is 6.92 Å². The molecule has 0 spiro atoms. The number of hydrogen-bond acceptors (Lipinski definition) is 34. The molecule has 3 unspecified atom stereocenters. The van der Waals surface area contributed by atoms with Crippen LogP contribution in [-0.4, -0.2) is 360 Å². The molecule has 640 valence electrons. The Morgan fingerprint density at radius 3 is 0.855 bits per heavy atom. The number of halogens is 3. The fraction of sp³-hybridized carbons (Fsp3) is 1.00. The van der Waals surface area contributed by atoms with Crippen molar-refractivity contribution in [2.75, 3.05) is 52.9 Å². The largest absolute Gasteiger partial charge is 0.476 e. The van der Waals surface area contributed by atoms with Gasteiger partial charge in [0.15, 0.2) is 6.17 Å². The van der Waals surface area contributed by atoms with Gasteiger partial charge < -0.3 is 127 Å². The van der Waals surface area contributed by atoms with Crippen molar-refractivity contribution in [1.29, 1.82) is 0 Å². The summed E-state index contributed by atoms with van der Waals surface area (Å²) in [6.07, 6.45) is -19.4. The van der Waals surface area contributed by atoms with E-state index in [0.29, 0.717) is 0 Å². The van der Waals surface area contributed by atoms with Gasteiger partial charge >= 0.3 is 167 Å². The van der Waals surface area contributed by atoms with E-state index in [-0.39, 0.29) is 73.7 Å². The molecule has 0 aliphatic carbocycles. The maximum absolute atomic E-state index is 13.0. The summed E-state index contributed by atoms with van der Waals surface area (Å²) in [6.45, 7) is 9.72. The Morgan fingerprint density at radius 2 is 0.618 bits per heavy atom. The van der Waals surface area contributed by atoms with Gasteiger partial charge in [0.2, 0.25) is 7.57 Å². The zero-order valence-corrected chi connectivity index (χ0v) is 71.5. The second kappa shape index (κ2) is 46.8. The quantitative estimate of drug-likeness (QED) is 0.0214. The molecule has 0 aromatic rings. The first-order chi connectivity index (χ1) is 49.3. The average molecular weight is 1950 g/mol. The van der Waals surface area contributed by atoms with Gasteiger partial charge in [-0.2, -0.15) is 0 Å². The zero-order valence-electron chi connectivity index (χ0n) is 58.5. The molecule has 110 heavy (non-hydrogen) atoms. The first-order valence-corrected chi connectivity index (χ1v) is 50.4. The minimum atomic E-state index is -5.03. The molecule has 7 aliphatic heterocycles. The minimum Gasteiger partial charge on any atom is -0.390 e. The Balaban J connectivity index is 0.000000644. The summed E-state index contributed by atoms with van der Waals surface area (Å²) in [5.74, 6) is -1.27. The predicted octanol–water partition coefficient (Wildman–Crippen LogP) is -3.63. The van der Waals surface area contributed by atoms with Crippen molar-refractivity contribution in [1.82, 2.24) is 0 Å². The standard InChI is InChI=1S/C7H15BO8P2.C6H12B2O8P2.C6H13BO8P2Se.C6H12BO6P.C6H12BrO6P.C6H12ClO6P.C6H12FO6P/c1-4-6(9)5(15-7(4)8)3-14-17(2,10)16-18(11,12)13;1-3-5(9)4(15-6(3)7)2-14-17(8,10)16-18(11,12)13;1-3-5(8)4(14-6(3)7)2-13-17(12,18)15-16(9,10)11;1-3-5(8)4(13-6(3)7)2-12-14(9,10)11;3*1-3-5(7)6(8)4(13-3)2-12-14(9,10)11/h4-7,9H,3H2,1-2H3,(H2,11,12,13);3-6,9H,2H2,1H3,(H2,11,12,13);3-6,8H,2H2,1H3,(H,12,18)(H2,9,10,11);4*3-6,8H,2H2,1H3,(H2,9,10,11)/t4-,5-,6+,7-,17?;2*3-,4-,5+,6-,17?;3-,4-,5+,6-;3*3-,4+,5-,6+/m1111000/s1. The van der Waals surface area contributed by atoms with Crippen molar-refractivity contribution in [2.45, 2.75) is 193 Å². The Kier molecular flexibility index (Phi) is 47.0. The van der Waals surface area contributed by atoms with Crippen molar-refractivity contribution in [3.8, 4) is 0 Å². The van der Waals surface area contributed by atoms with E-state index >= 15 is 0 Å². The summed E-state index contributed by atoms with van der Waals surface area (Å²) in [5, 5.41) is 66.1. The summed E-state index contributed by atoms with van der Waals surface area (Å²) >= 11 is 11.0. The first kappa shape index (κ1) is 110. The van der Waals surface area contributed by atoms with Crippen molar-refractivity contribution in [3.05, 3.63) is 0 Å². The van der Waals surface area contributed by atoms with Crippen molar-refractivity contribution in [3.63, 3.8) is 0 Å². The van der Waals surface area contributed by atoms with Gasteiger partial charge in [-0.15, -0.1) is 11.6 Å². The van der Waals surface area contributed by atoms with E-state index in [4.69, 9.17) is 161 Å². The number of aliphatic hydroxyl groups is 7. The maximum Gasteiger partial charge on any atom is 0.476 e. The van der Waals surface area contributed by atoms with Crippen LogP contribution in [0.5, 0.6) is 0 Å². The van der Waals surface area contributed by atoms with Crippen LogP contribution < -0.4 is 0 Å². The molecule has 0 amide bonds. The van der Waals surface area contributed by atoms with E-state index in [9.17, 15) is 86.1 Å². The second-order valence-corrected chi connectivity index (χ2v) is 43.1. The fourth-order valence-electron chi connectivity index (χ4n) is 9.25. The third kappa shape index (κ3) is 43.5. The number of alkyl halides is 3. The van der Waals surface area contributed by atoms with Gasteiger partial charge in [-0.25, -0.2) is 40.4 Å². The number of phosphoric acid groups is 7. The monoisotopic (exact) mass is 1950 g/mol. The van der Waals surface area contributed by atoms with Crippen LogP contribution in [0.2, 0.25) is 0 Å². The third-order valence-corrected chi connectivity index (χ3v) is 28.2. The molecular formula is C43H88B5BrClFO48P10Se. The van der Waals surface area contributed by atoms with Gasteiger partial charge in [-0.3, -0.25) is 27.2 Å². The number of aliphatic hydroxyl groups excluding tert-OH is 7. The van der Waals surface area contributed by atoms with Crippen LogP contribution in [0.15, 0.2) is 0 Å². The molecule has 0 saturated carbocycles. The van der Waals surface area contributed by atoms with Crippen molar-refractivity contribution in [2.24, 2.45) is 23.7 Å². The zero-order chi connectivity index (χ0) is 86.1. The first-order valence-electron chi connectivity index (χ1n) is 30.9. The van der Waals surface area contributed by atoms with Crippen LogP contribution in [0.3, 0.4) is 0 Å². The number of ether oxygens (including phenoxy) is 7. The Bertz CT molecular complexity index is 2930. The molecule has 0 aromatic heterocycles. The molecule has 7 saturated heterocycles. The van der Waals surface area contributed by atoms with Gasteiger partial charge in [-0.05, 0) is 20.8 Å². The van der Waals surface area contributed by atoms with Crippen LogP contribution in [0.25, 0.3) is 0 Å². The van der Waals surface area contributed by atoms with Gasteiger partial charge in [-0.1, -0.05) is 36.7 Å². The smallest absolute Gasteiger partial charge is 0.390 e. The molecule has 7 fully saturated rings. The minimum absolute atomic E-state index is 0.213. The topological polar surface area (TPSA) is 756 Å². The van der Waals surface area contributed by atoms with Crippen LogP contribution in [0, 0.1) is 23.7 Å². The van der Waals surface area contributed by atoms with Crippen LogP contribution in [-0.2, 0) is 119 Å². The Hall–Kier alpha value is 2.48. The summed E-state index contributed by atoms with van der Waals surface area (Å²) in [5.41, 5.74) is 0. The van der Waals surface area contributed by atoms with Gasteiger partial charge in [0.25, 0.3) is 7.47 Å². The summed E-state index contributed by atoms with van der Waals surface area (Å²) in [4.78, 5) is 127. The van der Waals surface area contributed by atoms with E-state index in [2.05, 4.69) is 51.5 Å². The molecule has 31 atom stereocenters. The molecular weight excluding hydrogens is 1860 g/mol. The van der Waals surface area contributed by atoms with Gasteiger partial charge in [0.05, 0.1) is 92.6 Å². The fourth-order valence-corrected chi connectivity index (χ4v) is 18.8. The number of hydrogen-bond donors (Lipinski definition) is 22. The molecule has 67 heteroatoms. The van der Waals surface area contributed by atoms with Gasteiger partial charge in [0.1, 0.15) is 72.4 Å². The number of rotatable bonds is 27. The van der Waals surface area contributed by atoms with Crippen molar-refractivity contribution >= 4 is 158 Å². The average Bonchev–Trinajstić information content (AvgIpc) is 1.61. The number of phosphoric ester groups is 4. The third-order valence-electron chi connectivity index (χ3n) is 15.3. The van der Waals surface area contributed by atoms with Crippen LogP contribution in [0.1, 0.15) is 48.5 Å². The molecule has 7 aliphatic rings. The second-order valence-electron chi connectivity index (χ2n) is 24.4. The molecule has 10 radical (unpaired) electrons. The SMILES string of the molecule is C[C@@H]1O[C@H](COP(=O)(O)O)[C@@H](O)[C@H]1Br.C[C@@H]1O[C@H](COP(=O)(O)O)[C@@H](O)[C@H]1Cl.C[C@@H]1O[C@H](COP(=O)(O)O)[C@@H](O)[C@H]1F.[B][C@@H]1O[C@H](COP(=O)(O)O)[C@@H](O)[C@H]1C.[B][C@@H]1O[C@H](COP(C)(=O)OP(=O)(O)O)[C@@H](O)[C@H]1C.[B][C@@H]1O[C@H](COP(O)(=[Se])OP(=O)(O)O)[C@@H](O)[C@H]1C.[B][C@@H]1O[C@H](COP([B])(=O)OP(=O)(O)O)[C@@H](O)[C@H]1C. The molecule has 48 nitrogen and oxygen atoms in total. The van der Waals surface area contributed by atoms with E-state index in [1.54, 1.807) is 41.5 Å². The molecule has 0 aromatic carbocycles. The van der Waals surface area contributed by atoms with E-state index in [0.717, 1.165) is 6.66 Å². The van der Waals surface area contributed by atoms with Crippen molar-refractivity contribution < 1.29 is 232 Å². The molecule has 22 N–H and O–H groups in total. The van der Waals surface area contributed by atoms with Gasteiger partial charge in [0, 0.05) is 42.4 Å². The molecule has 0 bridgehead atoms. The maximum atomic E-state index is 13.0.